The fourth-order valence-corrected chi connectivity index (χ4v) is 3.30. The van der Waals surface area contributed by atoms with Crippen LogP contribution in [0.25, 0.3) is 0 Å². The zero-order chi connectivity index (χ0) is 18.7. The number of benzene rings is 2. The third-order valence-electron chi connectivity index (χ3n) is 4.47. The monoisotopic (exact) mass is 414 g/mol. The molecular formula is C20H19BrN2O3. The molecule has 3 rings (SSSR count). The Morgan fingerprint density at radius 1 is 1.08 bits per heavy atom. The quantitative estimate of drug-likeness (QED) is 0.736. The van der Waals surface area contributed by atoms with Gasteiger partial charge in [0.1, 0.15) is 0 Å². The molecule has 0 spiro atoms. The summed E-state index contributed by atoms with van der Waals surface area (Å²) in [5.74, 6) is -0.679. The summed E-state index contributed by atoms with van der Waals surface area (Å²) < 4.78 is 0.742. The molecule has 0 aromatic heterocycles. The fraction of sp³-hybridized carbons (Fsp3) is 0.250. The molecule has 3 amide bonds. The van der Waals surface area contributed by atoms with Gasteiger partial charge in [0.2, 0.25) is 5.91 Å². The Morgan fingerprint density at radius 3 is 2.50 bits per heavy atom. The minimum atomic E-state index is -0.350. The van der Waals surface area contributed by atoms with Crippen molar-refractivity contribution in [1.29, 1.82) is 0 Å². The highest BCUT2D eigenvalue weighted by Crippen LogP contribution is 2.26. The van der Waals surface area contributed by atoms with E-state index >= 15 is 0 Å². The van der Waals surface area contributed by atoms with E-state index in [9.17, 15) is 14.4 Å². The summed E-state index contributed by atoms with van der Waals surface area (Å²) in [6.45, 7) is 2.63. The van der Waals surface area contributed by atoms with E-state index in [0.717, 1.165) is 14.9 Å². The molecule has 0 bridgehead atoms. The van der Waals surface area contributed by atoms with Crippen LogP contribution in [0.15, 0.2) is 53.0 Å². The van der Waals surface area contributed by atoms with Crippen LogP contribution in [0.3, 0.4) is 0 Å². The normalized spacial score (nSPS) is 14.3. The third-order valence-corrected chi connectivity index (χ3v) is 4.96. The molecule has 0 aliphatic carbocycles. The number of rotatable bonds is 6. The second kappa shape index (κ2) is 7.83. The van der Waals surface area contributed by atoms with Crippen LogP contribution in [-0.4, -0.2) is 35.7 Å². The second-order valence-electron chi connectivity index (χ2n) is 6.32. The molecule has 134 valence electrons. The fourth-order valence-electron chi connectivity index (χ4n) is 2.93. The van der Waals surface area contributed by atoms with Gasteiger partial charge in [-0.3, -0.25) is 19.3 Å². The lowest BCUT2D eigenvalue weighted by Crippen LogP contribution is -2.35. The first kappa shape index (κ1) is 18.3. The maximum absolute atomic E-state index is 12.4. The van der Waals surface area contributed by atoms with Gasteiger partial charge in [0.05, 0.1) is 11.1 Å². The predicted molar refractivity (Wildman–Crippen MR) is 102 cm³/mol. The van der Waals surface area contributed by atoms with E-state index in [1.54, 1.807) is 18.2 Å². The summed E-state index contributed by atoms with van der Waals surface area (Å²) in [4.78, 5) is 38.0. The van der Waals surface area contributed by atoms with Crippen molar-refractivity contribution in [2.45, 2.75) is 19.3 Å². The Labute approximate surface area is 160 Å². The molecular weight excluding hydrogens is 396 g/mol. The van der Waals surface area contributed by atoms with Gasteiger partial charge < -0.3 is 5.32 Å². The van der Waals surface area contributed by atoms with Crippen LogP contribution in [0.5, 0.6) is 0 Å². The van der Waals surface area contributed by atoms with Crippen molar-refractivity contribution in [3.05, 3.63) is 69.7 Å². The van der Waals surface area contributed by atoms with E-state index in [-0.39, 0.29) is 36.6 Å². The highest BCUT2D eigenvalue weighted by atomic mass is 79.9. The lowest BCUT2D eigenvalue weighted by molar-refractivity contribution is -0.121. The van der Waals surface area contributed by atoms with Crippen molar-refractivity contribution in [3.8, 4) is 0 Å². The summed E-state index contributed by atoms with van der Waals surface area (Å²) in [7, 11) is 0. The van der Waals surface area contributed by atoms with Gasteiger partial charge in [0, 0.05) is 24.0 Å². The van der Waals surface area contributed by atoms with Crippen molar-refractivity contribution in [2.24, 2.45) is 0 Å². The van der Waals surface area contributed by atoms with Crippen LogP contribution in [0.2, 0.25) is 0 Å². The molecule has 1 heterocycles. The number of hydrogen-bond acceptors (Lipinski definition) is 3. The smallest absolute Gasteiger partial charge is 0.261 e. The lowest BCUT2D eigenvalue weighted by atomic mass is 10.0. The Hall–Kier alpha value is -2.47. The summed E-state index contributed by atoms with van der Waals surface area (Å²) >= 11 is 3.30. The molecule has 1 aliphatic heterocycles. The topological polar surface area (TPSA) is 66.5 Å². The van der Waals surface area contributed by atoms with Crippen molar-refractivity contribution in [2.75, 3.05) is 13.1 Å². The number of hydrogen-bond donors (Lipinski definition) is 1. The van der Waals surface area contributed by atoms with Crippen LogP contribution in [0, 0.1) is 0 Å². The van der Waals surface area contributed by atoms with Gasteiger partial charge in [-0.2, -0.15) is 0 Å². The molecule has 0 fully saturated rings. The minimum Gasteiger partial charge on any atom is -0.355 e. The van der Waals surface area contributed by atoms with Crippen LogP contribution in [0.1, 0.15) is 45.5 Å². The molecule has 2 aromatic carbocycles. The van der Waals surface area contributed by atoms with E-state index in [2.05, 4.69) is 21.2 Å². The number of nitrogens with one attached hydrogen (secondary N) is 1. The molecule has 1 unspecified atom stereocenters. The molecule has 1 atom stereocenters. The largest absolute Gasteiger partial charge is 0.355 e. The molecule has 6 heteroatoms. The van der Waals surface area contributed by atoms with E-state index < -0.39 is 0 Å². The zero-order valence-electron chi connectivity index (χ0n) is 14.4. The first-order valence-electron chi connectivity index (χ1n) is 8.44. The van der Waals surface area contributed by atoms with Crippen LogP contribution in [-0.2, 0) is 4.79 Å². The van der Waals surface area contributed by atoms with Gasteiger partial charge in [0.25, 0.3) is 11.8 Å². The molecule has 26 heavy (non-hydrogen) atoms. The Kier molecular flexibility index (Phi) is 5.52. The number of halogens is 1. The Balaban J connectivity index is 1.52. The molecule has 0 saturated carbocycles. The highest BCUT2D eigenvalue weighted by Gasteiger charge is 2.35. The number of nitrogens with zero attached hydrogens (tertiary/aromatic N) is 1. The minimum absolute atomic E-state index is 0.0789. The van der Waals surface area contributed by atoms with Gasteiger partial charge in [-0.25, -0.2) is 0 Å². The van der Waals surface area contributed by atoms with Crippen molar-refractivity contribution < 1.29 is 14.4 Å². The van der Waals surface area contributed by atoms with E-state index in [0.29, 0.717) is 17.7 Å². The number of imide groups is 1. The van der Waals surface area contributed by atoms with Crippen molar-refractivity contribution in [1.82, 2.24) is 10.2 Å². The molecule has 2 aromatic rings. The summed E-state index contributed by atoms with van der Waals surface area (Å²) in [5.41, 5.74) is 1.91. The standard InChI is InChI=1S/C20H19BrN2O3/c1-13(14-5-3-2-4-6-14)12-22-18(24)9-10-23-19(25)16-8-7-15(21)11-17(16)20(23)26/h2-8,11,13H,9-10,12H2,1H3,(H,22,24). The first-order valence-corrected chi connectivity index (χ1v) is 9.24. The van der Waals surface area contributed by atoms with E-state index in [1.165, 1.54) is 0 Å². The molecule has 0 saturated heterocycles. The Morgan fingerprint density at radius 2 is 1.77 bits per heavy atom. The van der Waals surface area contributed by atoms with Gasteiger partial charge in [-0.05, 0) is 29.7 Å². The third kappa shape index (κ3) is 3.85. The predicted octanol–water partition coefficient (Wildman–Crippen LogP) is 3.36. The average Bonchev–Trinajstić information content (AvgIpc) is 2.88. The average molecular weight is 415 g/mol. The lowest BCUT2D eigenvalue weighted by Gasteiger charge is -2.15. The summed E-state index contributed by atoms with van der Waals surface area (Å²) in [6.07, 6.45) is 0.0914. The number of fused-ring (bicyclic) bond motifs is 1. The molecule has 0 radical (unpaired) electrons. The van der Waals surface area contributed by atoms with Crippen LogP contribution >= 0.6 is 15.9 Å². The van der Waals surface area contributed by atoms with E-state index in [4.69, 9.17) is 0 Å². The second-order valence-corrected chi connectivity index (χ2v) is 7.23. The summed E-state index contributed by atoms with van der Waals surface area (Å²) in [5, 5.41) is 2.87. The van der Waals surface area contributed by atoms with Crippen LogP contribution in [0.4, 0.5) is 0 Å². The number of carbonyl (C=O) groups excluding carboxylic acids is 3. The van der Waals surface area contributed by atoms with Gasteiger partial charge in [0.15, 0.2) is 0 Å². The van der Waals surface area contributed by atoms with Crippen molar-refractivity contribution in [3.63, 3.8) is 0 Å². The number of amides is 3. The summed E-state index contributed by atoms with van der Waals surface area (Å²) in [6, 6.07) is 14.9. The molecule has 5 nitrogen and oxygen atoms in total. The first-order chi connectivity index (χ1) is 12.5. The Bertz CT molecular complexity index is 851. The SMILES string of the molecule is CC(CNC(=O)CCN1C(=O)c2ccc(Br)cc2C1=O)c1ccccc1. The van der Waals surface area contributed by atoms with Crippen molar-refractivity contribution >= 4 is 33.7 Å². The maximum atomic E-state index is 12.4. The van der Waals surface area contributed by atoms with E-state index in [1.807, 2.05) is 37.3 Å². The van der Waals surface area contributed by atoms with Crippen LogP contribution < -0.4 is 5.32 Å². The van der Waals surface area contributed by atoms with Gasteiger partial charge in [-0.1, -0.05) is 53.2 Å². The highest BCUT2D eigenvalue weighted by molar-refractivity contribution is 9.10. The zero-order valence-corrected chi connectivity index (χ0v) is 16.0. The van der Waals surface area contributed by atoms with Gasteiger partial charge in [-0.15, -0.1) is 0 Å². The maximum Gasteiger partial charge on any atom is 0.261 e. The van der Waals surface area contributed by atoms with Gasteiger partial charge >= 0.3 is 0 Å². The molecule has 1 N–H and O–H groups in total. The molecule has 1 aliphatic rings. The number of carbonyl (C=O) groups is 3.